The molecule has 116 valence electrons. The van der Waals surface area contributed by atoms with E-state index in [0.717, 1.165) is 36.3 Å². The van der Waals surface area contributed by atoms with Crippen LogP contribution in [0.15, 0.2) is 17.9 Å². The minimum absolute atomic E-state index is 0.183. The van der Waals surface area contributed by atoms with Gasteiger partial charge in [-0.3, -0.25) is 9.48 Å². The number of hydrogen-bond acceptors (Lipinski definition) is 4. The first-order valence-electron chi connectivity index (χ1n) is 7.87. The zero-order chi connectivity index (χ0) is 15.3. The van der Waals surface area contributed by atoms with Crippen LogP contribution in [0, 0.1) is 13.8 Å². The number of carbonyl (C=O) groups excluding carboxylic acids is 1. The highest BCUT2D eigenvalue weighted by molar-refractivity contribution is 7.11. The highest BCUT2D eigenvalue weighted by Crippen LogP contribution is 2.41. The van der Waals surface area contributed by atoms with Crippen molar-refractivity contribution in [3.63, 3.8) is 0 Å². The van der Waals surface area contributed by atoms with Gasteiger partial charge in [0.1, 0.15) is 4.88 Å². The molecule has 2 saturated heterocycles. The summed E-state index contributed by atoms with van der Waals surface area (Å²) in [6, 6.07) is 1.13. The van der Waals surface area contributed by atoms with Crippen molar-refractivity contribution in [1.82, 2.24) is 19.7 Å². The Balaban J connectivity index is 1.56. The number of amides is 1. The summed E-state index contributed by atoms with van der Waals surface area (Å²) in [4.78, 5) is 20.0. The Morgan fingerprint density at radius 2 is 1.95 bits per heavy atom. The van der Waals surface area contributed by atoms with Crippen LogP contribution in [0.1, 0.15) is 52.7 Å². The fraction of sp³-hybridized carbons (Fsp3) is 0.562. The van der Waals surface area contributed by atoms with Crippen molar-refractivity contribution in [3.05, 3.63) is 34.0 Å². The molecule has 0 saturated carbocycles. The largest absolute Gasteiger partial charge is 0.332 e. The van der Waals surface area contributed by atoms with Gasteiger partial charge >= 0.3 is 0 Å². The minimum atomic E-state index is 0.183. The Kier molecular flexibility index (Phi) is 3.29. The SMILES string of the molecule is Cc1cnn(C2CC3CCC(C2)N3C(=O)c2scnc2C)c1. The van der Waals surface area contributed by atoms with E-state index in [-0.39, 0.29) is 5.91 Å². The second-order valence-corrected chi connectivity index (χ2v) is 7.34. The van der Waals surface area contributed by atoms with E-state index < -0.39 is 0 Å². The number of nitrogens with zero attached hydrogens (tertiary/aromatic N) is 4. The summed E-state index contributed by atoms with van der Waals surface area (Å²) in [7, 11) is 0. The van der Waals surface area contributed by atoms with Gasteiger partial charge in [0, 0.05) is 18.3 Å². The molecule has 2 unspecified atom stereocenters. The average molecular weight is 316 g/mol. The summed E-state index contributed by atoms with van der Waals surface area (Å²) in [6.07, 6.45) is 8.30. The molecule has 0 spiro atoms. The molecule has 0 aromatic carbocycles. The lowest BCUT2D eigenvalue weighted by Gasteiger charge is -2.38. The van der Waals surface area contributed by atoms with Crippen molar-refractivity contribution in [2.45, 2.75) is 57.7 Å². The molecule has 2 aliphatic heterocycles. The first kappa shape index (κ1) is 13.9. The summed E-state index contributed by atoms with van der Waals surface area (Å²) in [5.74, 6) is 0.183. The van der Waals surface area contributed by atoms with Gasteiger partial charge in [-0.25, -0.2) is 4.98 Å². The lowest BCUT2D eigenvalue weighted by molar-refractivity contribution is 0.0528. The zero-order valence-corrected chi connectivity index (χ0v) is 13.7. The Bertz CT molecular complexity index is 693. The van der Waals surface area contributed by atoms with Gasteiger partial charge in [0.15, 0.2) is 0 Å². The fourth-order valence-corrected chi connectivity index (χ4v) is 4.70. The molecule has 4 rings (SSSR count). The molecule has 0 aliphatic carbocycles. The number of hydrogen-bond donors (Lipinski definition) is 0. The second kappa shape index (κ2) is 5.19. The van der Waals surface area contributed by atoms with E-state index in [1.165, 1.54) is 16.9 Å². The predicted molar refractivity (Wildman–Crippen MR) is 85.1 cm³/mol. The summed E-state index contributed by atoms with van der Waals surface area (Å²) in [5.41, 5.74) is 3.83. The molecule has 2 aromatic rings. The van der Waals surface area contributed by atoms with Crippen molar-refractivity contribution < 1.29 is 4.79 Å². The van der Waals surface area contributed by atoms with Crippen LogP contribution in [-0.2, 0) is 0 Å². The Morgan fingerprint density at radius 3 is 2.50 bits per heavy atom. The first-order chi connectivity index (χ1) is 10.6. The predicted octanol–water partition coefficient (Wildman–Crippen LogP) is 2.96. The van der Waals surface area contributed by atoms with Gasteiger partial charge < -0.3 is 4.90 Å². The summed E-state index contributed by atoms with van der Waals surface area (Å²) in [5, 5.41) is 4.48. The third-order valence-electron chi connectivity index (χ3n) is 4.99. The van der Waals surface area contributed by atoms with Crippen LogP contribution in [0.2, 0.25) is 0 Å². The minimum Gasteiger partial charge on any atom is -0.332 e. The summed E-state index contributed by atoms with van der Waals surface area (Å²) < 4.78 is 2.10. The van der Waals surface area contributed by atoms with Gasteiger partial charge in [-0.15, -0.1) is 11.3 Å². The van der Waals surface area contributed by atoms with Crippen molar-refractivity contribution in [2.24, 2.45) is 0 Å². The quantitative estimate of drug-likeness (QED) is 0.856. The van der Waals surface area contributed by atoms with Crippen LogP contribution in [0.3, 0.4) is 0 Å². The molecule has 1 amide bonds. The van der Waals surface area contributed by atoms with Crippen LogP contribution in [0.4, 0.5) is 0 Å². The van der Waals surface area contributed by atoms with E-state index in [0.29, 0.717) is 18.1 Å². The van der Waals surface area contributed by atoms with Crippen LogP contribution >= 0.6 is 11.3 Å². The lowest BCUT2D eigenvalue weighted by atomic mass is 9.97. The number of fused-ring (bicyclic) bond motifs is 2. The normalized spacial score (nSPS) is 27.4. The fourth-order valence-electron chi connectivity index (χ4n) is 3.95. The third-order valence-corrected chi connectivity index (χ3v) is 5.90. The van der Waals surface area contributed by atoms with E-state index in [1.807, 2.05) is 13.1 Å². The van der Waals surface area contributed by atoms with Gasteiger partial charge in [0.2, 0.25) is 0 Å². The summed E-state index contributed by atoms with van der Waals surface area (Å²) in [6.45, 7) is 3.99. The summed E-state index contributed by atoms with van der Waals surface area (Å²) >= 11 is 1.46. The standard InChI is InChI=1S/C16H20N4OS/c1-10-7-18-19(8-10)14-5-12-3-4-13(6-14)20(12)16(21)15-11(2)17-9-22-15/h7-9,12-14H,3-6H2,1-2H3. The van der Waals surface area contributed by atoms with Gasteiger partial charge in [0.25, 0.3) is 5.91 Å². The first-order valence-corrected chi connectivity index (χ1v) is 8.75. The van der Waals surface area contributed by atoms with Gasteiger partial charge in [0.05, 0.1) is 23.4 Å². The van der Waals surface area contributed by atoms with Crippen LogP contribution in [0.25, 0.3) is 0 Å². The van der Waals surface area contributed by atoms with Crippen LogP contribution in [-0.4, -0.2) is 37.7 Å². The molecule has 6 heteroatoms. The molecule has 4 heterocycles. The van der Waals surface area contributed by atoms with Gasteiger partial charge in [-0.2, -0.15) is 5.10 Å². The van der Waals surface area contributed by atoms with Gasteiger partial charge in [-0.05, 0) is 45.1 Å². The average Bonchev–Trinajstić information content (AvgIpc) is 3.17. The van der Waals surface area contributed by atoms with E-state index in [4.69, 9.17) is 0 Å². The number of aromatic nitrogens is 3. The van der Waals surface area contributed by atoms with Gasteiger partial charge in [-0.1, -0.05) is 0 Å². The van der Waals surface area contributed by atoms with E-state index in [9.17, 15) is 4.79 Å². The number of carbonyl (C=O) groups is 1. The molecule has 2 atom stereocenters. The van der Waals surface area contributed by atoms with E-state index in [1.54, 1.807) is 5.51 Å². The number of piperidine rings is 1. The highest BCUT2D eigenvalue weighted by atomic mass is 32.1. The molecule has 0 radical (unpaired) electrons. The highest BCUT2D eigenvalue weighted by Gasteiger charge is 2.44. The molecule has 2 aliphatic rings. The molecule has 2 bridgehead atoms. The molecule has 5 nitrogen and oxygen atoms in total. The van der Waals surface area contributed by atoms with E-state index >= 15 is 0 Å². The van der Waals surface area contributed by atoms with Crippen LogP contribution < -0.4 is 0 Å². The van der Waals surface area contributed by atoms with Crippen LogP contribution in [0.5, 0.6) is 0 Å². The maximum Gasteiger partial charge on any atom is 0.266 e. The van der Waals surface area contributed by atoms with Crippen molar-refractivity contribution >= 4 is 17.2 Å². The topological polar surface area (TPSA) is 51.0 Å². The van der Waals surface area contributed by atoms with E-state index in [2.05, 4.69) is 32.8 Å². The maximum absolute atomic E-state index is 12.9. The zero-order valence-electron chi connectivity index (χ0n) is 12.9. The van der Waals surface area contributed by atoms with Crippen molar-refractivity contribution in [3.8, 4) is 0 Å². The Morgan fingerprint density at radius 1 is 1.23 bits per heavy atom. The molecule has 2 aromatic heterocycles. The monoisotopic (exact) mass is 316 g/mol. The van der Waals surface area contributed by atoms with Crippen molar-refractivity contribution in [2.75, 3.05) is 0 Å². The molecule has 22 heavy (non-hydrogen) atoms. The molecule has 2 fully saturated rings. The molecular formula is C16H20N4OS. The number of rotatable bonds is 2. The molecular weight excluding hydrogens is 296 g/mol. The maximum atomic E-state index is 12.9. The lowest BCUT2D eigenvalue weighted by Crippen LogP contribution is -2.47. The smallest absolute Gasteiger partial charge is 0.266 e. The van der Waals surface area contributed by atoms with Crippen molar-refractivity contribution in [1.29, 1.82) is 0 Å². The molecule has 0 N–H and O–H groups in total. The number of thiazole rings is 1. The Labute approximate surface area is 134 Å². The second-order valence-electron chi connectivity index (χ2n) is 6.49. The number of aryl methyl sites for hydroxylation is 2. The third kappa shape index (κ3) is 2.17. The Hall–Kier alpha value is -1.69.